The van der Waals surface area contributed by atoms with Crippen LogP contribution in [0.15, 0.2) is 30.3 Å². The van der Waals surface area contributed by atoms with E-state index in [9.17, 15) is 4.79 Å². The topological polar surface area (TPSA) is 42.1 Å². The number of ether oxygens (including phenoxy) is 2. The molecule has 21 heavy (non-hydrogen) atoms. The maximum absolute atomic E-state index is 12.1. The molecule has 0 saturated carbocycles. The molecule has 0 aliphatic carbocycles. The fourth-order valence-electron chi connectivity index (χ4n) is 2.95. The number of hydrogen-bond acceptors (Lipinski definition) is 3. The zero-order chi connectivity index (χ0) is 14.7. The van der Waals surface area contributed by atoms with E-state index < -0.39 is 5.72 Å². The van der Waals surface area contributed by atoms with Gasteiger partial charge in [0.2, 0.25) is 0 Å². The van der Waals surface area contributed by atoms with E-state index in [1.165, 1.54) is 5.56 Å². The number of epoxide rings is 1. The molecule has 3 rings (SSSR count). The molecular weight excluding hydrogens is 266 g/mol. The van der Waals surface area contributed by atoms with Gasteiger partial charge in [0.15, 0.2) is 5.72 Å². The quantitative estimate of drug-likeness (QED) is 0.458. The van der Waals surface area contributed by atoms with Crippen LogP contribution in [0.3, 0.4) is 0 Å². The van der Waals surface area contributed by atoms with Crippen molar-refractivity contribution in [1.29, 1.82) is 0 Å². The maximum Gasteiger partial charge on any atom is 0.412 e. The zero-order valence-electron chi connectivity index (χ0n) is 12.0. The van der Waals surface area contributed by atoms with Gasteiger partial charge in [-0.2, -0.15) is 0 Å². The van der Waals surface area contributed by atoms with Crippen LogP contribution < -0.4 is 0 Å². The zero-order valence-corrected chi connectivity index (χ0v) is 12.0. The third-order valence-electron chi connectivity index (χ3n) is 4.08. The van der Waals surface area contributed by atoms with Crippen LogP contribution in [0.4, 0.5) is 4.79 Å². The molecule has 2 fully saturated rings. The molecule has 2 atom stereocenters. The van der Waals surface area contributed by atoms with Gasteiger partial charge in [0.25, 0.3) is 0 Å². The second kappa shape index (κ2) is 5.79. The summed E-state index contributed by atoms with van der Waals surface area (Å²) in [4.78, 5) is 13.9. The molecule has 0 bridgehead atoms. The minimum absolute atomic E-state index is 0.0354. The molecule has 0 radical (unpaired) electrons. The average Bonchev–Trinajstić information content (AvgIpc) is 3.18. The summed E-state index contributed by atoms with van der Waals surface area (Å²) in [6.45, 7) is 1.01. The van der Waals surface area contributed by atoms with E-state index in [0.29, 0.717) is 19.6 Å². The Bertz CT molecular complexity index is 545. The number of rotatable bonds is 6. The van der Waals surface area contributed by atoms with Crippen molar-refractivity contribution in [2.75, 3.05) is 13.2 Å². The van der Waals surface area contributed by atoms with Crippen LogP contribution in [0.25, 0.3) is 0 Å². The number of carbonyl (C=O) groups excluding carboxylic acids is 1. The summed E-state index contributed by atoms with van der Waals surface area (Å²) in [5.41, 5.74) is 0.717. The molecule has 1 amide bonds. The van der Waals surface area contributed by atoms with Gasteiger partial charge >= 0.3 is 6.09 Å². The van der Waals surface area contributed by atoms with Crippen molar-refractivity contribution in [2.24, 2.45) is 0 Å². The maximum atomic E-state index is 12.1. The Balaban J connectivity index is 1.70. The number of nitrogens with zero attached hydrogens (tertiary/aromatic N) is 1. The average molecular weight is 285 g/mol. The molecule has 2 aliphatic rings. The SMILES string of the molecule is C#CCCCC1(N2C(=O)OC[C@@H]2Cc2ccccc2)CO1. The number of terminal acetylenes is 1. The van der Waals surface area contributed by atoms with Crippen LogP contribution in [-0.2, 0) is 15.9 Å². The van der Waals surface area contributed by atoms with Crippen LogP contribution >= 0.6 is 0 Å². The van der Waals surface area contributed by atoms with Crippen LogP contribution in [-0.4, -0.2) is 36.0 Å². The predicted octanol–water partition coefficient (Wildman–Crippen LogP) is 2.58. The molecular formula is C17H19NO3. The Morgan fingerprint density at radius 1 is 1.38 bits per heavy atom. The van der Waals surface area contributed by atoms with Gasteiger partial charge in [-0.25, -0.2) is 4.79 Å². The molecule has 4 heteroatoms. The molecule has 0 N–H and O–H groups in total. The lowest BCUT2D eigenvalue weighted by molar-refractivity contribution is 0.0774. The standard InChI is InChI=1S/C17H19NO3/c1-2-3-7-10-17(13-21-17)18-15(12-20-16(18)19)11-14-8-5-4-6-9-14/h1,4-6,8-9,15H,3,7,10-13H2/t15-,17?/m0/s1. The summed E-state index contributed by atoms with van der Waals surface area (Å²) >= 11 is 0. The summed E-state index contributed by atoms with van der Waals surface area (Å²) in [5.74, 6) is 2.63. The molecule has 1 aromatic rings. The second-order valence-corrected chi connectivity index (χ2v) is 5.58. The number of unbranched alkanes of at least 4 members (excludes halogenated alkanes) is 1. The Labute approximate surface area is 125 Å². The van der Waals surface area contributed by atoms with Crippen molar-refractivity contribution < 1.29 is 14.3 Å². The predicted molar refractivity (Wildman–Crippen MR) is 78.5 cm³/mol. The van der Waals surface area contributed by atoms with Gasteiger partial charge < -0.3 is 9.47 Å². The summed E-state index contributed by atoms with van der Waals surface area (Å²) in [7, 11) is 0. The van der Waals surface area contributed by atoms with Crippen LogP contribution in [0.5, 0.6) is 0 Å². The highest BCUT2D eigenvalue weighted by Gasteiger charge is 2.57. The van der Waals surface area contributed by atoms with E-state index >= 15 is 0 Å². The van der Waals surface area contributed by atoms with E-state index in [1.54, 1.807) is 4.90 Å². The van der Waals surface area contributed by atoms with Gasteiger partial charge in [-0.1, -0.05) is 30.3 Å². The minimum Gasteiger partial charge on any atom is -0.447 e. The van der Waals surface area contributed by atoms with Crippen LogP contribution in [0.1, 0.15) is 24.8 Å². The fraction of sp³-hybridized carbons (Fsp3) is 0.471. The molecule has 1 aromatic carbocycles. The van der Waals surface area contributed by atoms with Crippen molar-refractivity contribution in [3.05, 3.63) is 35.9 Å². The van der Waals surface area contributed by atoms with Crippen LogP contribution in [0.2, 0.25) is 0 Å². The first kappa shape index (κ1) is 14.0. The van der Waals surface area contributed by atoms with E-state index in [4.69, 9.17) is 15.9 Å². The van der Waals surface area contributed by atoms with Gasteiger partial charge in [-0.3, -0.25) is 4.90 Å². The van der Waals surface area contributed by atoms with Crippen molar-refractivity contribution >= 4 is 6.09 Å². The summed E-state index contributed by atoms with van der Waals surface area (Å²) < 4.78 is 10.9. The smallest absolute Gasteiger partial charge is 0.412 e. The van der Waals surface area contributed by atoms with E-state index in [-0.39, 0.29) is 12.1 Å². The van der Waals surface area contributed by atoms with Gasteiger partial charge in [0.05, 0.1) is 12.6 Å². The van der Waals surface area contributed by atoms with E-state index in [2.05, 4.69) is 18.1 Å². The van der Waals surface area contributed by atoms with Crippen LogP contribution in [0, 0.1) is 12.3 Å². The number of carbonyl (C=O) groups is 1. The molecule has 4 nitrogen and oxygen atoms in total. The van der Waals surface area contributed by atoms with Crippen molar-refractivity contribution in [3.63, 3.8) is 0 Å². The monoisotopic (exact) mass is 285 g/mol. The number of benzene rings is 1. The number of cyclic esters (lactones) is 1. The second-order valence-electron chi connectivity index (χ2n) is 5.58. The fourth-order valence-corrected chi connectivity index (χ4v) is 2.95. The molecule has 1 unspecified atom stereocenters. The van der Waals surface area contributed by atoms with Gasteiger partial charge in [-0.05, 0) is 24.8 Å². The highest BCUT2D eigenvalue weighted by atomic mass is 16.6. The molecule has 0 aromatic heterocycles. The lowest BCUT2D eigenvalue weighted by Gasteiger charge is -2.28. The highest BCUT2D eigenvalue weighted by molar-refractivity contribution is 5.71. The largest absolute Gasteiger partial charge is 0.447 e. The van der Waals surface area contributed by atoms with E-state index in [1.807, 2.05) is 18.2 Å². The first-order valence-electron chi connectivity index (χ1n) is 7.33. The third-order valence-corrected chi connectivity index (χ3v) is 4.08. The lowest BCUT2D eigenvalue weighted by Crippen LogP contribution is -2.46. The normalized spacial score (nSPS) is 27.3. The van der Waals surface area contributed by atoms with Gasteiger partial charge in [0, 0.05) is 6.42 Å². The molecule has 110 valence electrons. The summed E-state index contributed by atoms with van der Waals surface area (Å²) in [6.07, 6.45) is 8.15. The van der Waals surface area contributed by atoms with Crippen molar-refractivity contribution in [1.82, 2.24) is 4.90 Å². The molecule has 2 aliphatic heterocycles. The minimum atomic E-state index is -0.482. The first-order chi connectivity index (χ1) is 10.2. The Hall–Kier alpha value is -1.99. The van der Waals surface area contributed by atoms with Crippen molar-refractivity contribution in [3.8, 4) is 12.3 Å². The third kappa shape index (κ3) is 2.88. The molecule has 0 spiro atoms. The summed E-state index contributed by atoms with van der Waals surface area (Å²) in [6, 6.07) is 10.2. The number of amides is 1. The lowest BCUT2D eigenvalue weighted by atomic mass is 10.0. The highest BCUT2D eigenvalue weighted by Crippen LogP contribution is 2.41. The number of hydrogen-bond donors (Lipinski definition) is 0. The Morgan fingerprint density at radius 3 is 2.81 bits per heavy atom. The summed E-state index contributed by atoms with van der Waals surface area (Å²) in [5, 5.41) is 0. The van der Waals surface area contributed by atoms with Gasteiger partial charge in [0.1, 0.15) is 6.61 Å². The molecule has 2 heterocycles. The molecule has 2 saturated heterocycles. The van der Waals surface area contributed by atoms with Crippen molar-refractivity contribution in [2.45, 2.75) is 37.5 Å². The van der Waals surface area contributed by atoms with E-state index in [0.717, 1.165) is 19.3 Å². The Morgan fingerprint density at radius 2 is 2.14 bits per heavy atom. The Kier molecular flexibility index (Phi) is 3.85. The van der Waals surface area contributed by atoms with Gasteiger partial charge in [-0.15, -0.1) is 12.3 Å². The first-order valence-corrected chi connectivity index (χ1v) is 7.33.